The summed E-state index contributed by atoms with van der Waals surface area (Å²) in [6, 6.07) is 3.07. The lowest BCUT2D eigenvalue weighted by molar-refractivity contribution is -0.143. The van der Waals surface area contributed by atoms with Crippen molar-refractivity contribution >= 4 is 11.9 Å². The van der Waals surface area contributed by atoms with E-state index in [0.717, 1.165) is 0 Å². The molecule has 6 heteroatoms. The molecule has 0 spiro atoms. The fourth-order valence-electron chi connectivity index (χ4n) is 1.74. The second-order valence-electron chi connectivity index (χ2n) is 3.63. The first kappa shape index (κ1) is 13.2. The normalized spacial score (nSPS) is 12.6. The lowest BCUT2D eigenvalue weighted by atomic mass is 10.1. The number of nitrogens with zero attached hydrogens (tertiary/aromatic N) is 1. The first-order valence-electron chi connectivity index (χ1n) is 5.25. The summed E-state index contributed by atoms with van der Waals surface area (Å²) in [7, 11) is 0. The average molecular weight is 241 g/mol. The van der Waals surface area contributed by atoms with E-state index < -0.39 is 11.9 Å². The molecule has 0 fully saturated rings. The van der Waals surface area contributed by atoms with Crippen LogP contribution in [0.15, 0.2) is 22.8 Å². The zero-order valence-electron chi connectivity index (χ0n) is 9.50. The monoisotopic (exact) mass is 241 g/mol. The SMILES string of the molecule is CCC(c1ccco1)N(CC(=O)O)CC(=O)O. The van der Waals surface area contributed by atoms with Crippen molar-refractivity contribution in [3.8, 4) is 0 Å². The Morgan fingerprint density at radius 3 is 2.29 bits per heavy atom. The van der Waals surface area contributed by atoms with E-state index in [1.807, 2.05) is 6.92 Å². The maximum Gasteiger partial charge on any atom is 0.317 e. The molecule has 2 N–H and O–H groups in total. The minimum atomic E-state index is -1.06. The molecule has 1 unspecified atom stereocenters. The number of furan rings is 1. The van der Waals surface area contributed by atoms with Crippen molar-refractivity contribution in [3.63, 3.8) is 0 Å². The van der Waals surface area contributed by atoms with Gasteiger partial charge in [-0.15, -0.1) is 0 Å². The van der Waals surface area contributed by atoms with Crippen LogP contribution >= 0.6 is 0 Å². The molecule has 0 saturated heterocycles. The quantitative estimate of drug-likeness (QED) is 0.745. The van der Waals surface area contributed by atoms with E-state index in [4.69, 9.17) is 14.6 Å². The number of hydrogen-bond acceptors (Lipinski definition) is 4. The molecule has 1 atom stereocenters. The first-order valence-corrected chi connectivity index (χ1v) is 5.25. The van der Waals surface area contributed by atoms with Gasteiger partial charge in [-0.3, -0.25) is 14.5 Å². The van der Waals surface area contributed by atoms with Gasteiger partial charge in [0, 0.05) is 0 Å². The van der Waals surface area contributed by atoms with Crippen molar-refractivity contribution in [3.05, 3.63) is 24.2 Å². The van der Waals surface area contributed by atoms with Gasteiger partial charge in [-0.25, -0.2) is 0 Å². The summed E-state index contributed by atoms with van der Waals surface area (Å²) in [5, 5.41) is 17.5. The Bertz CT molecular complexity index is 357. The summed E-state index contributed by atoms with van der Waals surface area (Å²) in [5.41, 5.74) is 0. The lowest BCUT2D eigenvalue weighted by Crippen LogP contribution is -2.37. The van der Waals surface area contributed by atoms with Gasteiger partial charge in [0.25, 0.3) is 0 Å². The predicted molar refractivity (Wildman–Crippen MR) is 58.6 cm³/mol. The van der Waals surface area contributed by atoms with Crippen molar-refractivity contribution in [2.45, 2.75) is 19.4 Å². The van der Waals surface area contributed by atoms with E-state index in [0.29, 0.717) is 12.2 Å². The Morgan fingerprint density at radius 1 is 1.35 bits per heavy atom. The van der Waals surface area contributed by atoms with E-state index in [-0.39, 0.29) is 19.1 Å². The van der Waals surface area contributed by atoms with Crippen molar-refractivity contribution in [2.24, 2.45) is 0 Å². The minimum Gasteiger partial charge on any atom is -0.480 e. The molecule has 0 amide bonds. The lowest BCUT2D eigenvalue weighted by Gasteiger charge is -2.26. The molecule has 0 aromatic carbocycles. The number of aliphatic carboxylic acids is 2. The van der Waals surface area contributed by atoms with Crippen LogP contribution in [0.2, 0.25) is 0 Å². The van der Waals surface area contributed by atoms with Crippen molar-refractivity contribution in [1.82, 2.24) is 4.90 Å². The van der Waals surface area contributed by atoms with Gasteiger partial charge in [-0.2, -0.15) is 0 Å². The maximum absolute atomic E-state index is 10.7. The average Bonchev–Trinajstić information content (AvgIpc) is 2.70. The highest BCUT2D eigenvalue weighted by Gasteiger charge is 2.24. The molecule has 1 rings (SSSR count). The van der Waals surface area contributed by atoms with Gasteiger partial charge >= 0.3 is 11.9 Å². The maximum atomic E-state index is 10.7. The first-order chi connectivity index (χ1) is 8.04. The topological polar surface area (TPSA) is 91.0 Å². The Balaban J connectivity index is 2.85. The molecule has 6 nitrogen and oxygen atoms in total. The summed E-state index contributed by atoms with van der Waals surface area (Å²) < 4.78 is 5.20. The fraction of sp³-hybridized carbons (Fsp3) is 0.455. The van der Waals surface area contributed by atoms with E-state index in [1.165, 1.54) is 11.2 Å². The molecular weight excluding hydrogens is 226 g/mol. The summed E-state index contributed by atoms with van der Waals surface area (Å²) in [6.45, 7) is 1.20. The molecule has 94 valence electrons. The molecule has 0 aliphatic heterocycles. The van der Waals surface area contributed by atoms with E-state index in [9.17, 15) is 9.59 Å². The zero-order chi connectivity index (χ0) is 12.8. The van der Waals surface area contributed by atoms with E-state index in [2.05, 4.69) is 0 Å². The summed E-state index contributed by atoms with van der Waals surface area (Å²) in [6.07, 6.45) is 2.06. The minimum absolute atomic E-state index is 0.328. The number of carboxylic acids is 2. The fourth-order valence-corrected chi connectivity index (χ4v) is 1.74. The van der Waals surface area contributed by atoms with Crippen molar-refractivity contribution in [2.75, 3.05) is 13.1 Å². The Morgan fingerprint density at radius 2 is 1.94 bits per heavy atom. The molecular formula is C11H15NO5. The van der Waals surface area contributed by atoms with E-state index in [1.54, 1.807) is 12.1 Å². The Kier molecular flexibility index (Phi) is 4.71. The Hall–Kier alpha value is -1.82. The molecule has 0 aliphatic rings. The van der Waals surface area contributed by atoms with Crippen LogP contribution in [0.3, 0.4) is 0 Å². The highest BCUT2D eigenvalue weighted by atomic mass is 16.4. The Labute approximate surface area is 98.5 Å². The van der Waals surface area contributed by atoms with Crippen LogP contribution in [-0.2, 0) is 9.59 Å². The van der Waals surface area contributed by atoms with Crippen LogP contribution in [0.5, 0.6) is 0 Å². The molecule has 1 aromatic heterocycles. The summed E-state index contributed by atoms with van der Waals surface area (Å²) in [5.74, 6) is -1.54. The number of carboxylic acid groups (broad SMARTS) is 2. The van der Waals surface area contributed by atoms with Gasteiger partial charge < -0.3 is 14.6 Å². The van der Waals surface area contributed by atoms with Crippen LogP contribution in [0, 0.1) is 0 Å². The van der Waals surface area contributed by atoms with Gasteiger partial charge in [0.15, 0.2) is 0 Å². The van der Waals surface area contributed by atoms with Crippen LogP contribution in [0.4, 0.5) is 0 Å². The third-order valence-electron chi connectivity index (χ3n) is 2.38. The molecule has 17 heavy (non-hydrogen) atoms. The molecule has 0 radical (unpaired) electrons. The third-order valence-corrected chi connectivity index (χ3v) is 2.38. The van der Waals surface area contributed by atoms with Gasteiger partial charge in [0.05, 0.1) is 25.4 Å². The number of rotatable bonds is 7. The molecule has 0 aliphatic carbocycles. The largest absolute Gasteiger partial charge is 0.480 e. The number of hydrogen-bond donors (Lipinski definition) is 2. The highest BCUT2D eigenvalue weighted by Crippen LogP contribution is 2.24. The zero-order valence-corrected chi connectivity index (χ0v) is 9.50. The predicted octanol–water partition coefficient (Wildman–Crippen LogP) is 1.20. The van der Waals surface area contributed by atoms with Crippen LogP contribution < -0.4 is 0 Å². The second kappa shape index (κ2) is 6.05. The standard InChI is InChI=1S/C11H15NO5/c1-2-8(9-4-3-5-17-9)12(6-10(13)14)7-11(15)16/h3-5,8H,2,6-7H2,1H3,(H,13,14)(H,15,16). The summed E-state index contributed by atoms with van der Waals surface area (Å²) in [4.78, 5) is 22.8. The molecule has 0 bridgehead atoms. The molecule has 1 aromatic rings. The van der Waals surface area contributed by atoms with Crippen LogP contribution in [0.1, 0.15) is 25.1 Å². The van der Waals surface area contributed by atoms with Crippen molar-refractivity contribution < 1.29 is 24.2 Å². The van der Waals surface area contributed by atoms with Gasteiger partial charge in [0.2, 0.25) is 0 Å². The van der Waals surface area contributed by atoms with Crippen LogP contribution in [-0.4, -0.2) is 40.1 Å². The molecule has 0 saturated carbocycles. The van der Waals surface area contributed by atoms with Crippen LogP contribution in [0.25, 0.3) is 0 Å². The van der Waals surface area contributed by atoms with Gasteiger partial charge in [0.1, 0.15) is 5.76 Å². The molecule has 1 heterocycles. The highest BCUT2D eigenvalue weighted by molar-refractivity contribution is 5.72. The van der Waals surface area contributed by atoms with Gasteiger partial charge in [-0.05, 0) is 18.6 Å². The van der Waals surface area contributed by atoms with E-state index >= 15 is 0 Å². The second-order valence-corrected chi connectivity index (χ2v) is 3.63. The number of carbonyl (C=O) groups is 2. The smallest absolute Gasteiger partial charge is 0.317 e. The summed E-state index contributed by atoms with van der Waals surface area (Å²) >= 11 is 0. The van der Waals surface area contributed by atoms with Gasteiger partial charge in [-0.1, -0.05) is 6.92 Å². The third kappa shape index (κ3) is 3.92. The van der Waals surface area contributed by atoms with Crippen molar-refractivity contribution in [1.29, 1.82) is 0 Å².